The van der Waals surface area contributed by atoms with Crippen molar-refractivity contribution in [2.75, 3.05) is 26.2 Å². The largest absolute Gasteiger partial charge is 0.480 e. The summed E-state index contributed by atoms with van der Waals surface area (Å²) in [6, 6.07) is 16.2. The molecule has 0 bridgehead atoms. The Morgan fingerprint density at radius 2 is 1.84 bits per heavy atom. The van der Waals surface area contributed by atoms with Crippen molar-refractivity contribution < 1.29 is 24.4 Å². The molecule has 5 atom stereocenters. The van der Waals surface area contributed by atoms with Crippen LogP contribution in [0, 0.1) is 22.0 Å². The number of aliphatic carboxylic acids is 1. The number of non-ortho nitro benzene ring substituents is 1. The second-order valence-electron chi connectivity index (χ2n) is 12.3. The third kappa shape index (κ3) is 8.66. The number of carbonyl (C=O) groups excluding carboxylic acids is 1. The lowest BCUT2D eigenvalue weighted by atomic mass is 9.88. The molecule has 2 N–H and O–H groups in total. The molecule has 0 aromatic heterocycles. The van der Waals surface area contributed by atoms with Gasteiger partial charge in [0.2, 0.25) is 0 Å². The first-order chi connectivity index (χ1) is 21.2. The number of benzene rings is 2. The first-order valence-corrected chi connectivity index (χ1v) is 15.7. The number of hydrogen-bond acceptors (Lipinski definition) is 7. The van der Waals surface area contributed by atoms with Crippen molar-refractivity contribution in [3.63, 3.8) is 0 Å². The van der Waals surface area contributed by atoms with E-state index in [-0.39, 0.29) is 30.3 Å². The maximum absolute atomic E-state index is 13.1. The van der Waals surface area contributed by atoms with Crippen molar-refractivity contribution in [3.05, 3.63) is 88.5 Å². The molecule has 238 valence electrons. The highest BCUT2D eigenvalue weighted by Gasteiger charge is 2.39. The maximum Gasteiger partial charge on any atom is 0.410 e. The number of likely N-dealkylation sites (tertiary alicyclic amines) is 1. The number of nitrogens with one attached hydrogen (secondary N) is 1. The molecule has 2 aliphatic rings. The molecule has 1 aliphatic heterocycles. The average molecular weight is 607 g/mol. The van der Waals surface area contributed by atoms with Crippen LogP contribution in [0.3, 0.4) is 0 Å². The molecule has 1 saturated carbocycles. The molecule has 4 rings (SSSR count). The van der Waals surface area contributed by atoms with E-state index in [4.69, 9.17) is 4.74 Å². The molecule has 1 heterocycles. The van der Waals surface area contributed by atoms with Crippen LogP contribution >= 0.6 is 0 Å². The van der Waals surface area contributed by atoms with E-state index in [0.717, 1.165) is 51.7 Å². The van der Waals surface area contributed by atoms with Crippen molar-refractivity contribution in [2.45, 2.75) is 76.6 Å². The average Bonchev–Trinajstić information content (AvgIpc) is 3.44. The second kappa shape index (κ2) is 15.8. The molecular weight excluding hydrogens is 560 g/mol. The maximum atomic E-state index is 13.1. The number of amides is 1. The monoisotopic (exact) mass is 606 g/mol. The van der Waals surface area contributed by atoms with Gasteiger partial charge < -0.3 is 25.0 Å². The smallest absolute Gasteiger partial charge is 0.410 e. The number of piperidine rings is 1. The molecule has 2 aromatic carbocycles. The Hall–Kier alpha value is -3.76. The summed E-state index contributed by atoms with van der Waals surface area (Å²) in [5.41, 5.74) is 1.99. The van der Waals surface area contributed by atoms with Crippen LogP contribution in [0.5, 0.6) is 0 Å². The molecule has 3 unspecified atom stereocenters. The Morgan fingerprint density at radius 1 is 1.16 bits per heavy atom. The van der Waals surface area contributed by atoms with Crippen LogP contribution in [0.15, 0.2) is 67.3 Å². The molecule has 2 aromatic rings. The fraction of sp³-hybridized carbons (Fsp3) is 0.529. The van der Waals surface area contributed by atoms with Crippen LogP contribution in [0.25, 0.3) is 0 Å². The molecule has 1 aliphatic carbocycles. The summed E-state index contributed by atoms with van der Waals surface area (Å²) in [7, 11) is 0. The summed E-state index contributed by atoms with van der Waals surface area (Å²) in [6.45, 7) is 10.9. The number of carboxylic acids is 1. The van der Waals surface area contributed by atoms with E-state index >= 15 is 0 Å². The molecule has 1 amide bonds. The first kappa shape index (κ1) is 33.1. The van der Waals surface area contributed by atoms with Gasteiger partial charge in [0.05, 0.1) is 4.92 Å². The molecule has 1 saturated heterocycles. The molecule has 0 spiro atoms. The van der Waals surface area contributed by atoms with E-state index in [0.29, 0.717) is 23.9 Å². The fourth-order valence-electron chi connectivity index (χ4n) is 6.74. The zero-order valence-corrected chi connectivity index (χ0v) is 25.8. The highest BCUT2D eigenvalue weighted by atomic mass is 16.6. The third-order valence-corrected chi connectivity index (χ3v) is 9.38. The van der Waals surface area contributed by atoms with Crippen molar-refractivity contribution in [1.29, 1.82) is 0 Å². The fourth-order valence-corrected chi connectivity index (χ4v) is 6.74. The summed E-state index contributed by atoms with van der Waals surface area (Å²) in [5.74, 6) is 0.0230. The van der Waals surface area contributed by atoms with Gasteiger partial charge in [-0.15, -0.1) is 6.58 Å². The highest BCUT2D eigenvalue weighted by Crippen LogP contribution is 2.41. The quantitative estimate of drug-likeness (QED) is 0.156. The Morgan fingerprint density at radius 3 is 2.43 bits per heavy atom. The van der Waals surface area contributed by atoms with Crippen LogP contribution in [0.2, 0.25) is 0 Å². The van der Waals surface area contributed by atoms with Crippen LogP contribution in [-0.4, -0.2) is 76.2 Å². The van der Waals surface area contributed by atoms with Gasteiger partial charge in [0.1, 0.15) is 12.6 Å². The van der Waals surface area contributed by atoms with E-state index in [9.17, 15) is 24.8 Å². The minimum atomic E-state index is -0.781. The normalized spacial score (nSPS) is 22.2. The van der Waals surface area contributed by atoms with Gasteiger partial charge in [-0.05, 0) is 66.7 Å². The summed E-state index contributed by atoms with van der Waals surface area (Å²) in [5, 5.41) is 24.3. The number of carbonyl (C=O) groups is 2. The molecule has 10 nitrogen and oxygen atoms in total. The van der Waals surface area contributed by atoms with Crippen LogP contribution in [0.1, 0.15) is 63.0 Å². The standard InChI is InChI=1S/C34H46N4O6/c1-4-17-37(34(41)44-23-25-11-13-30(14-12-25)38(42)43)29-15-18-36(19-16-29)22-27-20-28(35-32(33(39)40)24(3)5-2)21-31(27)26-9-7-6-8-10-26/h4,6-14,24,27-29,31-32,35H,1,5,15-23H2,2-3H3,(H,39,40)/t24-,27?,28?,31?,32-/m0/s1. The molecule has 44 heavy (non-hydrogen) atoms. The highest BCUT2D eigenvalue weighted by molar-refractivity contribution is 5.73. The van der Waals surface area contributed by atoms with E-state index in [1.165, 1.54) is 17.7 Å². The minimum Gasteiger partial charge on any atom is -0.480 e. The number of nitrogens with zero attached hydrogens (tertiary/aromatic N) is 3. The van der Waals surface area contributed by atoms with Gasteiger partial charge in [0.25, 0.3) is 5.69 Å². The van der Waals surface area contributed by atoms with Gasteiger partial charge in [-0.2, -0.15) is 0 Å². The van der Waals surface area contributed by atoms with E-state index < -0.39 is 23.0 Å². The Labute approximate surface area is 260 Å². The van der Waals surface area contributed by atoms with Crippen molar-refractivity contribution in [2.24, 2.45) is 11.8 Å². The van der Waals surface area contributed by atoms with E-state index in [1.807, 2.05) is 19.9 Å². The predicted molar refractivity (Wildman–Crippen MR) is 169 cm³/mol. The number of carboxylic acid groups (broad SMARTS) is 1. The lowest BCUT2D eigenvalue weighted by molar-refractivity contribution is -0.384. The molecule has 2 fully saturated rings. The van der Waals surface area contributed by atoms with Gasteiger partial charge in [-0.25, -0.2) is 4.79 Å². The molecular formula is C34H46N4O6. The Kier molecular flexibility index (Phi) is 11.9. The van der Waals surface area contributed by atoms with Crippen LogP contribution in [-0.2, 0) is 16.1 Å². The Balaban J connectivity index is 1.34. The number of nitro groups is 1. The van der Waals surface area contributed by atoms with E-state index in [1.54, 1.807) is 23.1 Å². The predicted octanol–water partition coefficient (Wildman–Crippen LogP) is 5.84. The molecule has 0 radical (unpaired) electrons. The second-order valence-corrected chi connectivity index (χ2v) is 12.3. The van der Waals surface area contributed by atoms with Crippen molar-refractivity contribution in [1.82, 2.24) is 15.1 Å². The Bertz CT molecular complexity index is 1250. The summed E-state index contributed by atoms with van der Waals surface area (Å²) in [6.07, 6.45) is 5.59. The van der Waals surface area contributed by atoms with Gasteiger partial charge in [-0.3, -0.25) is 14.9 Å². The number of rotatable bonds is 14. The van der Waals surface area contributed by atoms with Gasteiger partial charge in [-0.1, -0.05) is 56.7 Å². The van der Waals surface area contributed by atoms with Crippen molar-refractivity contribution in [3.8, 4) is 0 Å². The van der Waals surface area contributed by atoms with Crippen LogP contribution in [0.4, 0.5) is 10.5 Å². The van der Waals surface area contributed by atoms with Gasteiger partial charge in [0, 0.05) is 50.4 Å². The third-order valence-electron chi connectivity index (χ3n) is 9.38. The van der Waals surface area contributed by atoms with E-state index in [2.05, 4.69) is 41.1 Å². The number of hydrogen-bond donors (Lipinski definition) is 2. The minimum absolute atomic E-state index is 0.00450. The zero-order valence-electron chi connectivity index (χ0n) is 25.8. The van der Waals surface area contributed by atoms with Gasteiger partial charge >= 0.3 is 12.1 Å². The lowest BCUT2D eigenvalue weighted by Crippen LogP contribution is -2.48. The van der Waals surface area contributed by atoms with Crippen molar-refractivity contribution >= 4 is 17.7 Å². The van der Waals surface area contributed by atoms with Crippen LogP contribution < -0.4 is 5.32 Å². The van der Waals surface area contributed by atoms with Gasteiger partial charge in [0.15, 0.2) is 0 Å². The summed E-state index contributed by atoms with van der Waals surface area (Å²) >= 11 is 0. The number of nitro benzene ring substituents is 1. The number of ether oxygens (including phenoxy) is 1. The zero-order chi connectivity index (χ0) is 31.6. The first-order valence-electron chi connectivity index (χ1n) is 15.7. The summed E-state index contributed by atoms with van der Waals surface area (Å²) in [4.78, 5) is 39.8. The molecule has 10 heteroatoms. The lowest BCUT2D eigenvalue weighted by Gasteiger charge is -2.39. The SMILES string of the molecule is C=CCN(C(=O)OCc1ccc([N+](=O)[O-])cc1)C1CCN(CC2CC(N[C@H](C(=O)O)[C@@H](C)CC)CC2c2ccccc2)CC1. The summed E-state index contributed by atoms with van der Waals surface area (Å²) < 4.78 is 5.59. The topological polar surface area (TPSA) is 125 Å².